The zero-order valence-electron chi connectivity index (χ0n) is 17.8. The van der Waals surface area contributed by atoms with Crippen molar-refractivity contribution in [1.82, 2.24) is 0 Å². The van der Waals surface area contributed by atoms with Crippen molar-refractivity contribution in [2.75, 3.05) is 6.61 Å². The molecule has 1 aliphatic rings. The molecule has 0 spiro atoms. The van der Waals surface area contributed by atoms with Crippen LogP contribution in [0.4, 0.5) is 0 Å². The van der Waals surface area contributed by atoms with Gasteiger partial charge in [-0.3, -0.25) is 19.2 Å². The predicted octanol–water partition coefficient (Wildman–Crippen LogP) is 2.08. The Morgan fingerprint density at radius 2 is 1.45 bits per heavy atom. The first-order valence-electron chi connectivity index (χ1n) is 9.85. The Morgan fingerprint density at radius 1 is 0.862 bits per heavy atom. The molecule has 1 unspecified atom stereocenters. The smallest absolute Gasteiger partial charge is 0.302 e. The summed E-state index contributed by atoms with van der Waals surface area (Å²) in [6.45, 7) is 7.40. The lowest BCUT2D eigenvalue weighted by Crippen LogP contribution is -2.37. The van der Waals surface area contributed by atoms with E-state index in [-0.39, 0.29) is 31.0 Å². The standard InChI is InChI=1S/C20H32O9/c1-12(26-13(2)21)8-19(28-15(4)23)11-20(29-16(5)24)10-18-9-17(6-7-25-18)27-14(3)22/h12,17-20H,6-11H2,1-5H3/t12-,17?,18+,19-,20-/m0/s1. The van der Waals surface area contributed by atoms with Gasteiger partial charge in [0.05, 0.1) is 12.7 Å². The second-order valence-electron chi connectivity index (χ2n) is 7.34. The Bertz CT molecular complexity index is 574. The van der Waals surface area contributed by atoms with Crippen molar-refractivity contribution < 1.29 is 42.9 Å². The number of carbonyl (C=O) groups is 4. The Balaban J connectivity index is 2.76. The van der Waals surface area contributed by atoms with E-state index in [9.17, 15) is 19.2 Å². The van der Waals surface area contributed by atoms with Gasteiger partial charge in [-0.1, -0.05) is 0 Å². The number of esters is 4. The highest BCUT2D eigenvalue weighted by atomic mass is 16.6. The average Bonchev–Trinajstić information content (AvgIpc) is 2.52. The van der Waals surface area contributed by atoms with Crippen molar-refractivity contribution in [1.29, 1.82) is 0 Å². The predicted molar refractivity (Wildman–Crippen MR) is 101 cm³/mol. The molecule has 1 fully saturated rings. The fourth-order valence-electron chi connectivity index (χ4n) is 3.49. The molecule has 9 heteroatoms. The summed E-state index contributed by atoms with van der Waals surface area (Å²) in [4.78, 5) is 45.4. The van der Waals surface area contributed by atoms with E-state index in [1.165, 1.54) is 27.7 Å². The summed E-state index contributed by atoms with van der Waals surface area (Å²) in [5.41, 5.74) is 0. The van der Waals surface area contributed by atoms with Crippen molar-refractivity contribution in [3.05, 3.63) is 0 Å². The molecule has 29 heavy (non-hydrogen) atoms. The molecular weight excluding hydrogens is 384 g/mol. The van der Waals surface area contributed by atoms with Gasteiger partial charge in [-0.25, -0.2) is 0 Å². The molecule has 1 heterocycles. The van der Waals surface area contributed by atoms with Crippen molar-refractivity contribution in [2.45, 2.75) is 97.2 Å². The number of hydrogen-bond donors (Lipinski definition) is 0. The summed E-state index contributed by atoms with van der Waals surface area (Å²) >= 11 is 0. The lowest BCUT2D eigenvalue weighted by atomic mass is 9.96. The van der Waals surface area contributed by atoms with Crippen LogP contribution < -0.4 is 0 Å². The number of ether oxygens (including phenoxy) is 5. The minimum Gasteiger partial charge on any atom is -0.463 e. The Kier molecular flexibility index (Phi) is 10.6. The maximum Gasteiger partial charge on any atom is 0.302 e. The minimum absolute atomic E-state index is 0.238. The Labute approximate surface area is 171 Å². The van der Waals surface area contributed by atoms with Gasteiger partial charge in [-0.05, 0) is 6.92 Å². The fourth-order valence-corrected chi connectivity index (χ4v) is 3.49. The molecule has 0 saturated carbocycles. The molecule has 166 valence electrons. The van der Waals surface area contributed by atoms with E-state index in [4.69, 9.17) is 23.7 Å². The van der Waals surface area contributed by atoms with E-state index in [0.29, 0.717) is 25.9 Å². The van der Waals surface area contributed by atoms with Crippen LogP contribution in [0.5, 0.6) is 0 Å². The molecule has 9 nitrogen and oxygen atoms in total. The van der Waals surface area contributed by atoms with Gasteiger partial charge in [-0.2, -0.15) is 0 Å². The van der Waals surface area contributed by atoms with Crippen LogP contribution in [0.25, 0.3) is 0 Å². The van der Waals surface area contributed by atoms with Gasteiger partial charge >= 0.3 is 23.9 Å². The molecule has 0 amide bonds. The monoisotopic (exact) mass is 416 g/mol. The molecule has 5 atom stereocenters. The zero-order chi connectivity index (χ0) is 22.0. The first-order valence-corrected chi connectivity index (χ1v) is 9.85. The number of carbonyl (C=O) groups excluding carboxylic acids is 4. The molecule has 0 N–H and O–H groups in total. The van der Waals surface area contributed by atoms with E-state index < -0.39 is 36.2 Å². The second-order valence-corrected chi connectivity index (χ2v) is 7.34. The van der Waals surface area contributed by atoms with Gasteiger partial charge in [0, 0.05) is 59.8 Å². The van der Waals surface area contributed by atoms with Crippen LogP contribution in [0.15, 0.2) is 0 Å². The molecule has 0 aromatic rings. The summed E-state index contributed by atoms with van der Waals surface area (Å²) in [6, 6.07) is 0. The molecule has 0 aromatic heterocycles. The van der Waals surface area contributed by atoms with Crippen LogP contribution in [0.3, 0.4) is 0 Å². The number of hydrogen-bond acceptors (Lipinski definition) is 9. The molecule has 1 saturated heterocycles. The van der Waals surface area contributed by atoms with Crippen LogP contribution in [-0.2, 0) is 42.9 Å². The SMILES string of the molecule is CC(=O)OC1CCO[C@@H](C[C@@H](C[C@H](C[C@H](C)OC(C)=O)OC(C)=O)OC(C)=O)C1. The average molecular weight is 416 g/mol. The van der Waals surface area contributed by atoms with E-state index in [2.05, 4.69) is 0 Å². The van der Waals surface area contributed by atoms with Crippen LogP contribution in [0.2, 0.25) is 0 Å². The summed E-state index contributed by atoms with van der Waals surface area (Å²) in [5, 5.41) is 0. The summed E-state index contributed by atoms with van der Waals surface area (Å²) < 4.78 is 26.9. The highest BCUT2D eigenvalue weighted by molar-refractivity contribution is 5.67. The minimum atomic E-state index is -0.598. The van der Waals surface area contributed by atoms with E-state index in [1.807, 2.05) is 0 Å². The maximum atomic E-state index is 11.6. The normalized spacial score (nSPS) is 22.0. The van der Waals surface area contributed by atoms with E-state index in [0.717, 1.165) is 0 Å². The summed E-state index contributed by atoms with van der Waals surface area (Å²) in [5.74, 6) is -1.71. The third-order valence-electron chi connectivity index (χ3n) is 4.33. The first kappa shape index (κ1) is 24.9. The van der Waals surface area contributed by atoms with E-state index in [1.54, 1.807) is 6.92 Å². The zero-order valence-corrected chi connectivity index (χ0v) is 17.8. The molecular formula is C20H32O9. The van der Waals surface area contributed by atoms with Crippen molar-refractivity contribution in [3.63, 3.8) is 0 Å². The fraction of sp³-hybridized carbons (Fsp3) is 0.800. The lowest BCUT2D eigenvalue weighted by molar-refractivity contribution is -0.159. The first-order chi connectivity index (χ1) is 13.5. The summed E-state index contributed by atoms with van der Waals surface area (Å²) in [6.07, 6.45) is -0.128. The van der Waals surface area contributed by atoms with Crippen LogP contribution in [0, 0.1) is 0 Å². The molecule has 0 bridgehead atoms. The highest BCUT2D eigenvalue weighted by Gasteiger charge is 2.31. The van der Waals surface area contributed by atoms with Gasteiger partial charge in [0.15, 0.2) is 0 Å². The largest absolute Gasteiger partial charge is 0.463 e. The Morgan fingerprint density at radius 3 is 2.00 bits per heavy atom. The van der Waals surface area contributed by atoms with Crippen molar-refractivity contribution in [2.24, 2.45) is 0 Å². The van der Waals surface area contributed by atoms with Crippen LogP contribution in [-0.4, -0.2) is 61.0 Å². The molecule has 0 radical (unpaired) electrons. The third-order valence-corrected chi connectivity index (χ3v) is 4.33. The lowest BCUT2D eigenvalue weighted by Gasteiger charge is -2.32. The number of rotatable bonds is 10. The van der Waals surface area contributed by atoms with Gasteiger partial charge in [0.2, 0.25) is 0 Å². The van der Waals surface area contributed by atoms with Crippen LogP contribution in [0.1, 0.15) is 66.7 Å². The van der Waals surface area contributed by atoms with E-state index >= 15 is 0 Å². The van der Waals surface area contributed by atoms with Crippen molar-refractivity contribution >= 4 is 23.9 Å². The van der Waals surface area contributed by atoms with Crippen LogP contribution >= 0.6 is 0 Å². The second kappa shape index (κ2) is 12.4. The highest BCUT2D eigenvalue weighted by Crippen LogP contribution is 2.25. The molecule has 1 aliphatic heterocycles. The quantitative estimate of drug-likeness (QED) is 0.390. The van der Waals surface area contributed by atoms with Gasteiger partial charge < -0.3 is 23.7 Å². The third kappa shape index (κ3) is 11.4. The molecule has 1 rings (SSSR count). The summed E-state index contributed by atoms with van der Waals surface area (Å²) in [7, 11) is 0. The Hall–Kier alpha value is -2.16. The maximum absolute atomic E-state index is 11.6. The van der Waals surface area contributed by atoms with Crippen molar-refractivity contribution in [3.8, 4) is 0 Å². The molecule has 0 aliphatic carbocycles. The van der Waals surface area contributed by atoms with Gasteiger partial charge in [0.1, 0.15) is 24.4 Å². The van der Waals surface area contributed by atoms with Gasteiger partial charge in [0.25, 0.3) is 0 Å². The topological polar surface area (TPSA) is 114 Å². The van der Waals surface area contributed by atoms with Gasteiger partial charge in [-0.15, -0.1) is 0 Å². The molecule has 0 aromatic carbocycles.